The summed E-state index contributed by atoms with van der Waals surface area (Å²) in [6.07, 6.45) is 6.48. The summed E-state index contributed by atoms with van der Waals surface area (Å²) < 4.78 is 18.3. The summed E-state index contributed by atoms with van der Waals surface area (Å²) in [4.78, 5) is 43.7. The molecule has 4 heterocycles. The lowest BCUT2D eigenvalue weighted by Gasteiger charge is -2.43. The fourth-order valence-electron chi connectivity index (χ4n) is 8.55. The van der Waals surface area contributed by atoms with Crippen molar-refractivity contribution in [3.63, 3.8) is 0 Å². The largest absolute Gasteiger partial charge is 0.506 e. The van der Waals surface area contributed by atoms with E-state index in [1.54, 1.807) is 12.1 Å². The maximum Gasteiger partial charge on any atom is 0.408 e. The number of ether oxygens (including phenoxy) is 3. The first-order valence-corrected chi connectivity index (χ1v) is 20.2. The number of nitrogens with zero attached hydrogens (tertiary/aromatic N) is 1. The van der Waals surface area contributed by atoms with Gasteiger partial charge >= 0.3 is 12.1 Å². The second kappa shape index (κ2) is 18.4. The van der Waals surface area contributed by atoms with Crippen molar-refractivity contribution in [2.45, 2.75) is 76.0 Å². The number of pyridine rings is 1. The number of phenolic OH excluding ortho intramolecular Hbond substituents is 1. The zero-order valence-electron chi connectivity index (χ0n) is 31.9. The van der Waals surface area contributed by atoms with Gasteiger partial charge in [0, 0.05) is 24.5 Å². The molecule has 8 rings (SSSR count). The van der Waals surface area contributed by atoms with Crippen LogP contribution in [0.25, 0.3) is 10.9 Å². The minimum atomic E-state index is -0.842. The average molecular weight is 767 g/mol. The molecule has 0 radical (unpaired) electrons. The number of aliphatic hydroxyl groups excluding tert-OH is 1. The van der Waals surface area contributed by atoms with E-state index in [1.807, 2.05) is 54.6 Å². The van der Waals surface area contributed by atoms with E-state index in [2.05, 4.69) is 20.5 Å². The first-order chi connectivity index (χ1) is 27.3. The molecule has 12 heteroatoms. The van der Waals surface area contributed by atoms with Gasteiger partial charge in [0.2, 0.25) is 5.56 Å². The summed E-state index contributed by atoms with van der Waals surface area (Å²) in [5, 5.41) is 27.9. The topological polar surface area (TPSA) is 162 Å². The Balaban J connectivity index is 0.904. The van der Waals surface area contributed by atoms with Crippen LogP contribution in [-0.2, 0) is 14.3 Å². The number of aromatic nitrogens is 1. The first kappa shape index (κ1) is 39.3. The highest BCUT2D eigenvalue weighted by atomic mass is 16.6. The predicted octanol–water partition coefficient (Wildman–Crippen LogP) is 6.12. The van der Waals surface area contributed by atoms with Gasteiger partial charge in [-0.3, -0.25) is 14.5 Å². The summed E-state index contributed by atoms with van der Waals surface area (Å²) in [5.41, 5.74) is 1.63. The van der Waals surface area contributed by atoms with Crippen molar-refractivity contribution in [3.8, 4) is 11.5 Å². The summed E-state index contributed by atoms with van der Waals surface area (Å²) in [6, 6.07) is 23.2. The monoisotopic (exact) mass is 766 g/mol. The number of benzene rings is 3. The number of unbranched alkanes of at least 4 members (excludes halogenated alkanes) is 1. The van der Waals surface area contributed by atoms with Crippen LogP contribution >= 0.6 is 0 Å². The molecule has 0 spiro atoms. The number of phenols is 1. The van der Waals surface area contributed by atoms with Crippen molar-refractivity contribution >= 4 is 23.0 Å². The molecule has 12 nitrogen and oxygen atoms in total. The standard InChI is InChI=1S/C44H54N4O8/c49-36-16-14-34(35-15-17-39(51)46-41(35)36)37(50)27-45-22-7-8-25-54-42(52)44(20-5-2-6-21-44)29-55-33-13-9-12-32(26-33)40(31-10-3-1-4-11-31)47-43(53)56-38-28-48-23-18-30(38)19-24-48/h1,3-4,9-17,26,30,37-38,40,45,49-50H,2,5-8,18-25,27-29H2,(H,46,51)(H,47,53)/t37-,38+,40?/m1/s1. The molecule has 1 saturated carbocycles. The van der Waals surface area contributed by atoms with E-state index in [4.69, 9.17) is 14.2 Å². The van der Waals surface area contributed by atoms with Crippen LogP contribution in [0.1, 0.15) is 86.6 Å². The van der Waals surface area contributed by atoms with Gasteiger partial charge in [-0.25, -0.2) is 4.79 Å². The number of aromatic amines is 1. The minimum Gasteiger partial charge on any atom is -0.506 e. The zero-order valence-corrected chi connectivity index (χ0v) is 31.9. The molecule has 3 aromatic carbocycles. The van der Waals surface area contributed by atoms with E-state index in [-0.39, 0.29) is 43.1 Å². The second-order valence-corrected chi connectivity index (χ2v) is 15.6. The van der Waals surface area contributed by atoms with Gasteiger partial charge in [0.15, 0.2) is 0 Å². The molecular weight excluding hydrogens is 713 g/mol. The van der Waals surface area contributed by atoms with Crippen molar-refractivity contribution in [1.29, 1.82) is 0 Å². The molecule has 3 aliphatic heterocycles. The minimum absolute atomic E-state index is 0.0495. The van der Waals surface area contributed by atoms with Gasteiger partial charge in [0.25, 0.3) is 0 Å². The number of aliphatic hydroxyl groups is 1. The second-order valence-electron chi connectivity index (χ2n) is 15.6. The van der Waals surface area contributed by atoms with Crippen molar-refractivity contribution in [1.82, 2.24) is 20.5 Å². The van der Waals surface area contributed by atoms with E-state index in [0.717, 1.165) is 69.3 Å². The molecule has 1 aliphatic carbocycles. The Bertz CT molecular complexity index is 1990. The lowest BCUT2D eigenvalue weighted by Crippen LogP contribution is -2.52. The Morgan fingerprint density at radius 1 is 0.929 bits per heavy atom. The van der Waals surface area contributed by atoms with Crippen molar-refractivity contribution in [2.75, 3.05) is 45.9 Å². The number of alkyl carbamates (subject to hydrolysis) is 1. The number of aromatic hydroxyl groups is 1. The molecule has 4 fully saturated rings. The Morgan fingerprint density at radius 3 is 2.48 bits per heavy atom. The van der Waals surface area contributed by atoms with Gasteiger partial charge < -0.3 is 40.0 Å². The number of hydrogen-bond donors (Lipinski definition) is 5. The van der Waals surface area contributed by atoms with Gasteiger partial charge in [0.05, 0.1) is 24.3 Å². The molecule has 3 atom stereocenters. The maximum atomic E-state index is 13.7. The number of piperidine rings is 3. The molecule has 1 unspecified atom stereocenters. The third-order valence-corrected chi connectivity index (χ3v) is 11.8. The van der Waals surface area contributed by atoms with Crippen LogP contribution in [0.2, 0.25) is 0 Å². The Kier molecular flexibility index (Phi) is 12.9. The Labute approximate surface area is 327 Å². The van der Waals surface area contributed by atoms with Crippen LogP contribution in [-0.4, -0.2) is 84.2 Å². The first-order valence-electron chi connectivity index (χ1n) is 20.2. The quantitative estimate of drug-likeness (QED) is 0.0664. The Morgan fingerprint density at radius 2 is 1.71 bits per heavy atom. The summed E-state index contributed by atoms with van der Waals surface area (Å²) in [7, 11) is 0. The lowest BCUT2D eigenvalue weighted by atomic mass is 9.74. The normalized spacial score (nSPS) is 21.2. The molecule has 3 saturated heterocycles. The molecule has 2 bridgehead atoms. The van der Waals surface area contributed by atoms with Gasteiger partial charge in [-0.15, -0.1) is 0 Å². The molecule has 298 valence electrons. The summed E-state index contributed by atoms with van der Waals surface area (Å²) in [5.74, 6) is 0.755. The van der Waals surface area contributed by atoms with Crippen LogP contribution in [0.4, 0.5) is 4.79 Å². The van der Waals surface area contributed by atoms with E-state index < -0.39 is 23.7 Å². The number of hydrogen-bond acceptors (Lipinski definition) is 10. The number of fused-ring (bicyclic) bond motifs is 4. The fraction of sp³-hybridized carbons (Fsp3) is 0.477. The van der Waals surface area contributed by atoms with Gasteiger partial charge in [-0.2, -0.15) is 0 Å². The van der Waals surface area contributed by atoms with Gasteiger partial charge in [-0.1, -0.05) is 67.8 Å². The van der Waals surface area contributed by atoms with Gasteiger partial charge in [0.1, 0.15) is 29.6 Å². The molecular formula is C44H54N4O8. The van der Waals surface area contributed by atoms with Crippen LogP contribution in [0.3, 0.4) is 0 Å². The van der Waals surface area contributed by atoms with E-state index in [9.17, 15) is 24.6 Å². The van der Waals surface area contributed by atoms with E-state index in [0.29, 0.717) is 53.9 Å². The SMILES string of the molecule is O=C(NC(c1ccccc1)c1cccc(OCC2(C(=O)OCCCCNC[C@@H](O)c3ccc(O)c4[nH]c(=O)ccc34)CCCCC2)c1)O[C@H]1CN2CCC1CC2. The average Bonchev–Trinajstić information content (AvgIpc) is 3.23. The van der Waals surface area contributed by atoms with Crippen molar-refractivity contribution in [2.24, 2.45) is 11.3 Å². The highest BCUT2D eigenvalue weighted by Crippen LogP contribution is 2.39. The molecule has 1 aromatic heterocycles. The number of rotatable bonds is 16. The molecule has 1 amide bonds. The summed E-state index contributed by atoms with van der Waals surface area (Å²) >= 11 is 0. The summed E-state index contributed by atoms with van der Waals surface area (Å²) in [6.45, 7) is 4.33. The van der Waals surface area contributed by atoms with Crippen LogP contribution in [0.15, 0.2) is 83.7 Å². The van der Waals surface area contributed by atoms with Crippen LogP contribution in [0, 0.1) is 11.3 Å². The smallest absolute Gasteiger partial charge is 0.408 e. The number of amides is 1. The predicted molar refractivity (Wildman–Crippen MR) is 213 cm³/mol. The van der Waals surface area contributed by atoms with Crippen LogP contribution < -0.4 is 20.9 Å². The zero-order chi connectivity index (χ0) is 38.9. The highest BCUT2D eigenvalue weighted by molar-refractivity contribution is 5.87. The van der Waals surface area contributed by atoms with E-state index >= 15 is 0 Å². The number of esters is 1. The Hall–Kier alpha value is -4.91. The van der Waals surface area contributed by atoms with E-state index in [1.165, 1.54) is 12.1 Å². The third kappa shape index (κ3) is 9.54. The fourth-order valence-corrected chi connectivity index (χ4v) is 8.55. The lowest BCUT2D eigenvalue weighted by molar-refractivity contribution is -0.160. The van der Waals surface area contributed by atoms with Crippen molar-refractivity contribution in [3.05, 3.63) is 106 Å². The molecule has 4 aromatic rings. The number of nitrogens with one attached hydrogen (secondary N) is 3. The number of H-pyrrole nitrogens is 1. The third-order valence-electron chi connectivity index (χ3n) is 11.8. The van der Waals surface area contributed by atoms with Crippen LogP contribution in [0.5, 0.6) is 11.5 Å². The highest BCUT2D eigenvalue weighted by Gasteiger charge is 2.42. The molecule has 56 heavy (non-hydrogen) atoms. The molecule has 5 N–H and O–H groups in total. The van der Waals surface area contributed by atoms with Crippen molar-refractivity contribution < 1.29 is 34.0 Å². The molecule has 4 aliphatic rings. The number of carbonyl (C=O) groups excluding carboxylic acids is 2. The number of carbonyl (C=O) groups is 2. The van der Waals surface area contributed by atoms with Gasteiger partial charge in [-0.05, 0) is 105 Å². The maximum absolute atomic E-state index is 13.7.